The first-order valence-electron chi connectivity index (χ1n) is 4.04. The topological polar surface area (TPSA) is 72.5 Å². The number of ether oxygens (including phenoxy) is 1. The lowest BCUT2D eigenvalue weighted by Gasteiger charge is -2.03. The molecule has 0 aromatic carbocycles. The Bertz CT molecular complexity index is 270. The Balaban J connectivity index is 3.91. The third kappa shape index (κ3) is 5.08. The molecule has 0 atom stereocenters. The summed E-state index contributed by atoms with van der Waals surface area (Å²) in [6.07, 6.45) is -0.0142. The maximum atomic E-state index is 11.2. The summed E-state index contributed by atoms with van der Waals surface area (Å²) in [6.45, 7) is 4.64. The minimum Gasteiger partial charge on any atom is -0.469 e. The Morgan fingerprint density at radius 2 is 1.86 bits per heavy atom. The van der Waals surface area contributed by atoms with E-state index in [4.69, 9.17) is 0 Å². The number of carbonyl (C=O) groups excluding carboxylic acids is 3. The Morgan fingerprint density at radius 1 is 1.29 bits per heavy atom. The Morgan fingerprint density at radius 3 is 2.29 bits per heavy atom. The Kier molecular flexibility index (Phi) is 5.21. The lowest BCUT2D eigenvalue weighted by molar-refractivity contribution is -0.141. The van der Waals surface area contributed by atoms with E-state index in [1.165, 1.54) is 14.0 Å². The highest BCUT2D eigenvalue weighted by atomic mass is 16.5. The van der Waals surface area contributed by atoms with Crippen LogP contribution in [0.15, 0.2) is 12.3 Å². The van der Waals surface area contributed by atoms with Crippen LogP contribution in [0, 0.1) is 0 Å². The van der Waals surface area contributed by atoms with Crippen molar-refractivity contribution in [2.75, 3.05) is 7.11 Å². The molecule has 0 aliphatic heterocycles. The van der Waals surface area contributed by atoms with E-state index >= 15 is 0 Å². The van der Waals surface area contributed by atoms with Crippen LogP contribution in [0.2, 0.25) is 0 Å². The second kappa shape index (κ2) is 5.90. The molecule has 14 heavy (non-hydrogen) atoms. The van der Waals surface area contributed by atoms with Crippen molar-refractivity contribution in [3.8, 4) is 0 Å². The summed E-state index contributed by atoms with van der Waals surface area (Å²) in [4.78, 5) is 32.4. The fourth-order valence-corrected chi connectivity index (χ4v) is 0.751. The summed E-state index contributed by atoms with van der Waals surface area (Å²) in [5.41, 5.74) is 0.00130. The van der Waals surface area contributed by atoms with Gasteiger partial charge in [0.1, 0.15) is 0 Å². The van der Waals surface area contributed by atoms with Crippen LogP contribution in [0.1, 0.15) is 19.8 Å². The van der Waals surface area contributed by atoms with Gasteiger partial charge in [0.05, 0.1) is 19.2 Å². The molecule has 0 spiro atoms. The molecular formula is C9H13NO4. The van der Waals surface area contributed by atoms with Gasteiger partial charge >= 0.3 is 5.97 Å². The standard InChI is InChI=1S/C9H13NO4/c1-6(10-7(2)11)8(12)4-5-9(13)14-3/h1,4-5H2,2-3H3,(H,10,11). The molecule has 0 aliphatic carbocycles. The fraction of sp³-hybridized carbons (Fsp3) is 0.444. The molecule has 0 saturated carbocycles. The van der Waals surface area contributed by atoms with Gasteiger partial charge in [0, 0.05) is 13.3 Å². The van der Waals surface area contributed by atoms with E-state index in [0.29, 0.717) is 0 Å². The van der Waals surface area contributed by atoms with Crippen LogP contribution >= 0.6 is 0 Å². The predicted octanol–water partition coefficient (Wildman–Crippen LogP) is 0.158. The van der Waals surface area contributed by atoms with Crippen LogP contribution < -0.4 is 5.32 Å². The lowest BCUT2D eigenvalue weighted by Crippen LogP contribution is -2.24. The highest BCUT2D eigenvalue weighted by molar-refractivity contribution is 5.99. The van der Waals surface area contributed by atoms with Gasteiger partial charge in [-0.05, 0) is 0 Å². The minimum absolute atomic E-state index is 0.00130. The van der Waals surface area contributed by atoms with Crippen LogP contribution in [0.4, 0.5) is 0 Å². The normalized spacial score (nSPS) is 9.00. The molecule has 0 bridgehead atoms. The summed E-state index contributed by atoms with van der Waals surface area (Å²) in [7, 11) is 1.25. The number of carbonyl (C=O) groups is 3. The number of ketones is 1. The highest BCUT2D eigenvalue weighted by Crippen LogP contribution is 1.98. The van der Waals surface area contributed by atoms with Crippen LogP contribution in [0.3, 0.4) is 0 Å². The molecule has 0 aliphatic rings. The van der Waals surface area contributed by atoms with Gasteiger partial charge in [-0.1, -0.05) is 6.58 Å². The van der Waals surface area contributed by atoms with Gasteiger partial charge in [-0.2, -0.15) is 0 Å². The number of amides is 1. The van der Waals surface area contributed by atoms with E-state index in [-0.39, 0.29) is 30.2 Å². The highest BCUT2D eigenvalue weighted by Gasteiger charge is 2.10. The maximum absolute atomic E-state index is 11.2. The largest absolute Gasteiger partial charge is 0.469 e. The molecule has 1 amide bonds. The minimum atomic E-state index is -0.464. The first-order valence-corrected chi connectivity index (χ1v) is 4.04. The molecular weight excluding hydrogens is 186 g/mol. The molecule has 0 aromatic heterocycles. The SMILES string of the molecule is C=C(NC(C)=O)C(=O)CCC(=O)OC. The summed E-state index contributed by atoms with van der Waals surface area (Å²) in [6, 6.07) is 0. The summed E-state index contributed by atoms with van der Waals surface area (Å²) in [5, 5.41) is 2.25. The third-order valence-electron chi connectivity index (χ3n) is 1.45. The van der Waals surface area contributed by atoms with Crippen molar-refractivity contribution in [3.05, 3.63) is 12.3 Å². The molecule has 0 rings (SSSR count). The van der Waals surface area contributed by atoms with Crippen molar-refractivity contribution in [2.45, 2.75) is 19.8 Å². The molecule has 5 heteroatoms. The summed E-state index contributed by atoms with van der Waals surface area (Å²) in [5.74, 6) is -1.19. The lowest BCUT2D eigenvalue weighted by atomic mass is 10.2. The number of hydrogen-bond donors (Lipinski definition) is 1. The molecule has 0 aromatic rings. The number of nitrogens with one attached hydrogen (secondary N) is 1. The number of hydrogen-bond acceptors (Lipinski definition) is 4. The zero-order valence-corrected chi connectivity index (χ0v) is 8.25. The molecule has 5 nitrogen and oxygen atoms in total. The van der Waals surface area contributed by atoms with E-state index in [9.17, 15) is 14.4 Å². The fourth-order valence-electron chi connectivity index (χ4n) is 0.751. The van der Waals surface area contributed by atoms with Gasteiger partial charge in [-0.25, -0.2) is 0 Å². The maximum Gasteiger partial charge on any atom is 0.305 e. The monoisotopic (exact) mass is 199 g/mol. The molecule has 0 radical (unpaired) electrons. The average molecular weight is 199 g/mol. The van der Waals surface area contributed by atoms with Crippen LogP contribution in [0.25, 0.3) is 0 Å². The second-order valence-corrected chi connectivity index (χ2v) is 2.66. The average Bonchev–Trinajstić information content (AvgIpc) is 2.12. The van der Waals surface area contributed by atoms with Crippen molar-refractivity contribution in [3.63, 3.8) is 0 Å². The smallest absolute Gasteiger partial charge is 0.305 e. The zero-order chi connectivity index (χ0) is 11.1. The summed E-state index contributed by atoms with van der Waals surface area (Å²) < 4.78 is 4.35. The van der Waals surface area contributed by atoms with Gasteiger partial charge < -0.3 is 10.1 Å². The van der Waals surface area contributed by atoms with Gasteiger partial charge in [0.15, 0.2) is 5.78 Å². The van der Waals surface area contributed by atoms with E-state index < -0.39 is 5.97 Å². The number of Topliss-reactive ketones (excluding diaryl/α,β-unsaturated/α-hetero) is 1. The van der Waals surface area contributed by atoms with Crippen molar-refractivity contribution in [2.24, 2.45) is 0 Å². The quantitative estimate of drug-likeness (QED) is 0.505. The third-order valence-corrected chi connectivity index (χ3v) is 1.45. The number of esters is 1. The Labute approximate surface area is 82.1 Å². The molecule has 0 saturated heterocycles. The predicted molar refractivity (Wildman–Crippen MR) is 49.2 cm³/mol. The van der Waals surface area contributed by atoms with Crippen LogP contribution in [-0.2, 0) is 19.1 Å². The molecule has 0 heterocycles. The van der Waals surface area contributed by atoms with Crippen LogP contribution in [-0.4, -0.2) is 24.8 Å². The Hall–Kier alpha value is -1.65. The zero-order valence-electron chi connectivity index (χ0n) is 8.25. The van der Waals surface area contributed by atoms with Gasteiger partial charge in [-0.15, -0.1) is 0 Å². The molecule has 0 unspecified atom stereocenters. The van der Waals surface area contributed by atoms with Crippen LogP contribution in [0.5, 0.6) is 0 Å². The first-order chi connectivity index (χ1) is 6.47. The van der Waals surface area contributed by atoms with Gasteiger partial charge in [0.25, 0.3) is 0 Å². The van der Waals surface area contributed by atoms with Crippen molar-refractivity contribution < 1.29 is 19.1 Å². The number of methoxy groups -OCH3 is 1. The first kappa shape index (κ1) is 12.3. The number of allylic oxidation sites excluding steroid dienone is 1. The summed E-state index contributed by atoms with van der Waals surface area (Å²) >= 11 is 0. The number of rotatable bonds is 5. The molecule has 0 fully saturated rings. The second-order valence-electron chi connectivity index (χ2n) is 2.66. The van der Waals surface area contributed by atoms with E-state index in [0.717, 1.165) is 0 Å². The van der Waals surface area contributed by atoms with E-state index in [1.807, 2.05) is 0 Å². The van der Waals surface area contributed by atoms with Gasteiger partial charge in [0.2, 0.25) is 5.91 Å². The van der Waals surface area contributed by atoms with Crippen molar-refractivity contribution in [1.29, 1.82) is 0 Å². The van der Waals surface area contributed by atoms with Crippen molar-refractivity contribution in [1.82, 2.24) is 5.32 Å². The van der Waals surface area contributed by atoms with E-state index in [1.54, 1.807) is 0 Å². The molecule has 78 valence electrons. The van der Waals surface area contributed by atoms with Crippen molar-refractivity contribution >= 4 is 17.7 Å². The molecule has 1 N–H and O–H groups in total. The van der Waals surface area contributed by atoms with E-state index in [2.05, 4.69) is 16.6 Å². The van der Waals surface area contributed by atoms with Gasteiger partial charge in [-0.3, -0.25) is 14.4 Å².